The fourth-order valence-electron chi connectivity index (χ4n) is 13.7. The zero-order valence-corrected chi connectivity index (χ0v) is 41.9. The summed E-state index contributed by atoms with van der Waals surface area (Å²) in [6, 6.07) is 104. The lowest BCUT2D eigenvalue weighted by atomic mass is 9.66. The summed E-state index contributed by atoms with van der Waals surface area (Å²) in [6.07, 6.45) is 0. The van der Waals surface area contributed by atoms with Crippen LogP contribution in [-0.4, -0.2) is 0 Å². The molecule has 0 radical (unpaired) electrons. The van der Waals surface area contributed by atoms with E-state index in [0.717, 1.165) is 90.1 Å². The van der Waals surface area contributed by atoms with Crippen LogP contribution in [0.1, 0.15) is 44.5 Å². The van der Waals surface area contributed by atoms with Gasteiger partial charge in [-0.15, -0.1) is 0 Å². The molecule has 77 heavy (non-hydrogen) atoms. The molecule has 3 heteroatoms. The first kappa shape index (κ1) is 43.4. The molecule has 0 atom stereocenters. The van der Waals surface area contributed by atoms with Crippen LogP contribution >= 0.6 is 0 Å². The van der Waals surface area contributed by atoms with Gasteiger partial charge in [0.25, 0.3) is 0 Å². The molecule has 2 spiro atoms. The Balaban J connectivity index is 0.855. The maximum absolute atomic E-state index is 6.68. The molecular formula is C74H47NO2. The van der Waals surface area contributed by atoms with Crippen LogP contribution < -0.4 is 14.4 Å². The second kappa shape index (κ2) is 16.8. The van der Waals surface area contributed by atoms with Gasteiger partial charge in [0.2, 0.25) is 0 Å². The number of anilines is 3. The van der Waals surface area contributed by atoms with E-state index in [1.807, 2.05) is 0 Å². The van der Waals surface area contributed by atoms with E-state index in [4.69, 9.17) is 9.47 Å². The third kappa shape index (κ3) is 6.14. The maximum atomic E-state index is 6.68. The zero-order chi connectivity index (χ0) is 50.7. The third-order valence-electron chi connectivity index (χ3n) is 16.8. The van der Waals surface area contributed by atoms with Gasteiger partial charge in [0.15, 0.2) is 0 Å². The van der Waals surface area contributed by atoms with E-state index in [9.17, 15) is 0 Å². The summed E-state index contributed by atoms with van der Waals surface area (Å²) < 4.78 is 13.3. The van der Waals surface area contributed by atoms with Gasteiger partial charge in [-0.1, -0.05) is 224 Å². The summed E-state index contributed by atoms with van der Waals surface area (Å²) >= 11 is 0. The van der Waals surface area contributed by atoms with Crippen LogP contribution in [-0.2, 0) is 10.8 Å². The van der Waals surface area contributed by atoms with Gasteiger partial charge in [-0.2, -0.15) is 0 Å². The van der Waals surface area contributed by atoms with Crippen molar-refractivity contribution >= 4 is 17.1 Å². The Morgan fingerprint density at radius 1 is 0.234 bits per heavy atom. The highest BCUT2D eigenvalue weighted by Crippen LogP contribution is 2.65. The largest absolute Gasteiger partial charge is 0.457 e. The van der Waals surface area contributed by atoms with Crippen molar-refractivity contribution in [3.05, 3.63) is 330 Å². The molecule has 0 unspecified atom stereocenters. The second-order valence-corrected chi connectivity index (χ2v) is 20.6. The van der Waals surface area contributed by atoms with Crippen LogP contribution in [0.15, 0.2) is 285 Å². The van der Waals surface area contributed by atoms with Crippen molar-refractivity contribution in [3.8, 4) is 78.6 Å². The van der Waals surface area contributed by atoms with Crippen LogP contribution in [0.5, 0.6) is 23.0 Å². The van der Waals surface area contributed by atoms with Crippen molar-refractivity contribution in [1.29, 1.82) is 0 Å². The van der Waals surface area contributed by atoms with E-state index in [2.05, 4.69) is 290 Å². The topological polar surface area (TPSA) is 21.7 Å². The predicted octanol–water partition coefficient (Wildman–Crippen LogP) is 19.1. The molecule has 0 N–H and O–H groups in total. The highest BCUT2D eigenvalue weighted by molar-refractivity contribution is 5.98. The van der Waals surface area contributed by atoms with E-state index < -0.39 is 10.8 Å². The molecule has 2 heterocycles. The van der Waals surface area contributed by atoms with Crippen molar-refractivity contribution in [2.75, 3.05) is 4.90 Å². The van der Waals surface area contributed by atoms with Crippen LogP contribution in [0.3, 0.4) is 0 Å². The van der Waals surface area contributed by atoms with Crippen LogP contribution in [0, 0.1) is 0 Å². The Bertz CT molecular complexity index is 4270. The quantitative estimate of drug-likeness (QED) is 0.166. The van der Waals surface area contributed by atoms with E-state index in [1.54, 1.807) is 0 Å². The molecule has 360 valence electrons. The monoisotopic (exact) mass is 981 g/mol. The third-order valence-corrected chi connectivity index (χ3v) is 16.8. The summed E-state index contributed by atoms with van der Waals surface area (Å²) in [5.41, 5.74) is 23.8. The number of nitrogens with zero attached hydrogens (tertiary/aromatic N) is 1. The first-order valence-electron chi connectivity index (χ1n) is 26.6. The number of fused-ring (bicyclic) bond motifs is 18. The average molecular weight is 982 g/mol. The van der Waals surface area contributed by atoms with Crippen molar-refractivity contribution in [1.82, 2.24) is 0 Å². The average Bonchev–Trinajstić information content (AvgIpc) is 4.14. The molecule has 0 saturated heterocycles. The summed E-state index contributed by atoms with van der Waals surface area (Å²) in [5, 5.41) is 0. The molecule has 0 amide bonds. The molecule has 12 aromatic carbocycles. The minimum Gasteiger partial charge on any atom is -0.457 e. The molecule has 12 aromatic rings. The Morgan fingerprint density at radius 2 is 0.649 bits per heavy atom. The van der Waals surface area contributed by atoms with Crippen molar-refractivity contribution < 1.29 is 9.47 Å². The van der Waals surface area contributed by atoms with Crippen molar-refractivity contribution in [2.45, 2.75) is 10.8 Å². The Kier molecular flexibility index (Phi) is 9.47. The molecule has 3 nitrogen and oxygen atoms in total. The number of hydrogen-bond acceptors (Lipinski definition) is 3. The number of ether oxygens (including phenoxy) is 2. The second-order valence-electron chi connectivity index (χ2n) is 20.6. The minimum absolute atomic E-state index is 0.542. The maximum Gasteiger partial charge on any atom is 0.132 e. The fraction of sp³-hybridized carbons (Fsp3) is 0.0270. The summed E-state index contributed by atoms with van der Waals surface area (Å²) in [4.78, 5) is 2.43. The normalized spacial score (nSPS) is 13.9. The molecular weight excluding hydrogens is 935 g/mol. The molecule has 0 saturated carbocycles. The predicted molar refractivity (Wildman–Crippen MR) is 312 cm³/mol. The highest BCUT2D eigenvalue weighted by atomic mass is 16.5. The van der Waals surface area contributed by atoms with Crippen LogP contribution in [0.4, 0.5) is 17.1 Å². The van der Waals surface area contributed by atoms with Gasteiger partial charge in [0.1, 0.15) is 23.0 Å². The fourth-order valence-corrected chi connectivity index (χ4v) is 13.7. The molecule has 2 aliphatic heterocycles. The molecule has 4 aliphatic rings. The van der Waals surface area contributed by atoms with Crippen LogP contribution in [0.25, 0.3) is 55.6 Å². The molecule has 0 bridgehead atoms. The van der Waals surface area contributed by atoms with Gasteiger partial charge in [-0.25, -0.2) is 0 Å². The lowest BCUT2D eigenvalue weighted by molar-refractivity contribution is 0.436. The van der Waals surface area contributed by atoms with E-state index in [1.165, 1.54) is 50.1 Å². The molecule has 2 aliphatic carbocycles. The van der Waals surface area contributed by atoms with Crippen molar-refractivity contribution in [2.24, 2.45) is 0 Å². The van der Waals surface area contributed by atoms with E-state index in [0.29, 0.717) is 0 Å². The van der Waals surface area contributed by atoms with Gasteiger partial charge in [-0.3, -0.25) is 0 Å². The standard InChI is InChI=1S/C74H47NO2/c1-2-20-48(21-3-1)54-24-6-13-35-67(54)75(52-43-40-49(41-44-52)55-27-19-34-65-72(55)58-26-5-8-29-60(58)73(65)61-30-9-14-36-68(61)76-69-37-15-10-31-62(69)73)53-23-18-22-50(46-53)51-42-45-57-56-25-4-7-28-59(56)74(66(57)47-51)63-32-11-16-38-70(63)77-71-39-17-12-33-64(71)74/h1-47H. The van der Waals surface area contributed by atoms with Gasteiger partial charge >= 0.3 is 0 Å². The molecule has 16 rings (SSSR count). The molecule has 0 aromatic heterocycles. The number of rotatable bonds is 6. The van der Waals surface area contributed by atoms with Gasteiger partial charge in [0.05, 0.1) is 16.5 Å². The smallest absolute Gasteiger partial charge is 0.132 e. The van der Waals surface area contributed by atoms with E-state index in [-0.39, 0.29) is 0 Å². The summed E-state index contributed by atoms with van der Waals surface area (Å²) in [5.74, 6) is 3.57. The van der Waals surface area contributed by atoms with Gasteiger partial charge in [0, 0.05) is 39.2 Å². The van der Waals surface area contributed by atoms with E-state index >= 15 is 0 Å². The first-order valence-corrected chi connectivity index (χ1v) is 26.6. The Labute approximate surface area is 448 Å². The first-order chi connectivity index (χ1) is 38.2. The lowest BCUT2D eigenvalue weighted by Crippen LogP contribution is -2.32. The Morgan fingerprint density at radius 3 is 1.29 bits per heavy atom. The number of para-hydroxylation sites is 5. The lowest BCUT2D eigenvalue weighted by Gasteiger charge is -2.39. The Hall–Kier alpha value is -9.96. The molecule has 0 fully saturated rings. The summed E-state index contributed by atoms with van der Waals surface area (Å²) in [6.45, 7) is 0. The zero-order valence-electron chi connectivity index (χ0n) is 41.9. The summed E-state index contributed by atoms with van der Waals surface area (Å²) in [7, 11) is 0. The van der Waals surface area contributed by atoms with Crippen molar-refractivity contribution in [3.63, 3.8) is 0 Å². The number of benzene rings is 12. The van der Waals surface area contributed by atoms with Gasteiger partial charge in [-0.05, 0) is 133 Å². The number of hydrogen-bond donors (Lipinski definition) is 0. The minimum atomic E-state index is -0.561. The highest BCUT2D eigenvalue weighted by Gasteiger charge is 2.53. The van der Waals surface area contributed by atoms with Crippen LogP contribution in [0.2, 0.25) is 0 Å². The van der Waals surface area contributed by atoms with Gasteiger partial charge < -0.3 is 14.4 Å². The SMILES string of the molecule is c1ccc(-c2ccccc2N(c2ccc(-c3cccc4c3-c3ccccc3C43c4ccccc4Oc4ccccc43)cc2)c2cccc(-c3ccc4c(c3)C3(c5ccccc5Oc5ccccc53)c3ccccc3-4)c2)cc1.